The van der Waals surface area contributed by atoms with Crippen molar-refractivity contribution in [2.75, 3.05) is 11.9 Å². The number of benzene rings is 2. The average Bonchev–Trinajstić information content (AvgIpc) is 2.62. The number of amides is 1. The van der Waals surface area contributed by atoms with Crippen molar-refractivity contribution in [3.8, 4) is 11.8 Å². The molecule has 0 aliphatic heterocycles. The maximum atomic E-state index is 12.1. The smallest absolute Gasteiger partial charge is 0.344 e. The molecule has 0 saturated heterocycles. The van der Waals surface area contributed by atoms with Crippen LogP contribution >= 0.6 is 11.6 Å². The van der Waals surface area contributed by atoms with Gasteiger partial charge in [-0.1, -0.05) is 29.8 Å². The van der Waals surface area contributed by atoms with Gasteiger partial charge in [0.25, 0.3) is 5.91 Å². The number of carbonyl (C=O) groups is 2. The number of nitriles is 1. The van der Waals surface area contributed by atoms with E-state index in [1.807, 2.05) is 19.1 Å². The first kappa shape index (κ1) is 19.3. The highest BCUT2D eigenvalue weighted by atomic mass is 35.5. The minimum atomic E-state index is -1.05. The Labute approximate surface area is 156 Å². The Hall–Kier alpha value is -3.04. The van der Waals surface area contributed by atoms with Gasteiger partial charge in [0.05, 0.1) is 16.3 Å². The van der Waals surface area contributed by atoms with Crippen molar-refractivity contribution < 1.29 is 19.1 Å². The molecule has 6 nitrogen and oxygen atoms in total. The Kier molecular flexibility index (Phi) is 6.59. The van der Waals surface area contributed by atoms with E-state index in [-0.39, 0.29) is 6.61 Å². The van der Waals surface area contributed by atoms with Crippen LogP contribution in [0, 0.1) is 18.3 Å². The normalized spacial score (nSPS) is 11.2. The van der Waals surface area contributed by atoms with Crippen LogP contribution in [0.5, 0.6) is 5.75 Å². The predicted molar refractivity (Wildman–Crippen MR) is 97.0 cm³/mol. The number of anilines is 1. The molecule has 0 fully saturated rings. The summed E-state index contributed by atoms with van der Waals surface area (Å²) in [4.78, 5) is 24.0. The van der Waals surface area contributed by atoms with E-state index < -0.39 is 18.0 Å². The van der Waals surface area contributed by atoms with E-state index in [0.717, 1.165) is 5.56 Å². The number of hydrogen-bond donors (Lipinski definition) is 1. The van der Waals surface area contributed by atoms with E-state index in [9.17, 15) is 9.59 Å². The zero-order valence-corrected chi connectivity index (χ0v) is 15.0. The standard InChI is InChI=1S/C19H17ClN2O4/c1-12-7-8-15(20)17(9-12)25-11-18(23)26-13(2)19(24)22-16-6-4-3-5-14(16)10-21/h3-9,13H,11H2,1-2H3,(H,22,24)/t13-/m0/s1. The second-order valence-electron chi connectivity index (χ2n) is 5.50. The van der Waals surface area contributed by atoms with Crippen LogP contribution in [-0.4, -0.2) is 24.6 Å². The minimum Gasteiger partial charge on any atom is -0.480 e. The van der Waals surface area contributed by atoms with Crippen molar-refractivity contribution in [2.45, 2.75) is 20.0 Å². The number of halogens is 1. The fourth-order valence-corrected chi connectivity index (χ4v) is 2.24. The van der Waals surface area contributed by atoms with Crippen molar-refractivity contribution in [3.05, 3.63) is 58.6 Å². The van der Waals surface area contributed by atoms with Gasteiger partial charge in [0, 0.05) is 0 Å². The fraction of sp³-hybridized carbons (Fsp3) is 0.211. The molecular weight excluding hydrogens is 356 g/mol. The van der Waals surface area contributed by atoms with Gasteiger partial charge in [-0.25, -0.2) is 4.79 Å². The number of para-hydroxylation sites is 1. The molecule has 0 saturated carbocycles. The molecule has 0 heterocycles. The van der Waals surface area contributed by atoms with Gasteiger partial charge >= 0.3 is 5.97 Å². The first-order valence-corrected chi connectivity index (χ1v) is 8.17. The lowest BCUT2D eigenvalue weighted by Crippen LogP contribution is -2.31. The summed E-state index contributed by atoms with van der Waals surface area (Å²) in [5, 5.41) is 12.0. The Balaban J connectivity index is 1.89. The van der Waals surface area contributed by atoms with Gasteiger partial charge in [0.1, 0.15) is 11.8 Å². The maximum absolute atomic E-state index is 12.1. The molecule has 0 bridgehead atoms. The van der Waals surface area contributed by atoms with Crippen molar-refractivity contribution in [1.29, 1.82) is 5.26 Å². The Bertz CT molecular complexity index is 861. The molecule has 0 unspecified atom stereocenters. The van der Waals surface area contributed by atoms with Crippen LogP contribution in [0.3, 0.4) is 0 Å². The van der Waals surface area contributed by atoms with Gasteiger partial charge in [0.2, 0.25) is 0 Å². The number of ether oxygens (including phenoxy) is 2. The summed E-state index contributed by atoms with van der Waals surface area (Å²) in [5.74, 6) is -0.892. The zero-order chi connectivity index (χ0) is 19.1. The molecule has 0 aliphatic rings. The number of aryl methyl sites for hydroxylation is 1. The van der Waals surface area contributed by atoms with Crippen LogP contribution in [-0.2, 0) is 14.3 Å². The summed E-state index contributed by atoms with van der Waals surface area (Å²) < 4.78 is 10.4. The average molecular weight is 373 g/mol. The van der Waals surface area contributed by atoms with Crippen LogP contribution in [0.2, 0.25) is 5.02 Å². The summed E-state index contributed by atoms with van der Waals surface area (Å²) in [6, 6.07) is 13.7. The van der Waals surface area contributed by atoms with Gasteiger partial charge in [-0.15, -0.1) is 0 Å². The second kappa shape index (κ2) is 8.88. The topological polar surface area (TPSA) is 88.4 Å². The largest absolute Gasteiger partial charge is 0.480 e. The number of nitrogens with zero attached hydrogens (tertiary/aromatic N) is 1. The molecule has 1 amide bonds. The van der Waals surface area contributed by atoms with Gasteiger partial charge in [0.15, 0.2) is 12.7 Å². The Morgan fingerprint density at radius 1 is 1.27 bits per heavy atom. The van der Waals surface area contributed by atoms with Crippen LogP contribution in [0.1, 0.15) is 18.1 Å². The molecule has 0 aliphatic carbocycles. The Morgan fingerprint density at radius 3 is 2.73 bits per heavy atom. The fourth-order valence-electron chi connectivity index (χ4n) is 2.07. The zero-order valence-electron chi connectivity index (χ0n) is 14.3. The van der Waals surface area contributed by atoms with Crippen LogP contribution in [0.15, 0.2) is 42.5 Å². The molecule has 1 atom stereocenters. The summed E-state index contributed by atoms with van der Waals surface area (Å²) in [7, 11) is 0. The quantitative estimate of drug-likeness (QED) is 0.784. The van der Waals surface area contributed by atoms with Crippen LogP contribution < -0.4 is 10.1 Å². The predicted octanol–water partition coefficient (Wildman–Crippen LogP) is 3.47. The highest BCUT2D eigenvalue weighted by Gasteiger charge is 2.19. The van der Waals surface area contributed by atoms with Crippen molar-refractivity contribution in [1.82, 2.24) is 0 Å². The number of nitrogens with one attached hydrogen (secondary N) is 1. The monoisotopic (exact) mass is 372 g/mol. The molecule has 0 aromatic heterocycles. The van der Waals surface area contributed by atoms with E-state index in [2.05, 4.69) is 5.32 Å². The third kappa shape index (κ3) is 5.23. The number of rotatable bonds is 6. The summed E-state index contributed by atoms with van der Waals surface area (Å²) >= 11 is 5.99. The van der Waals surface area contributed by atoms with Gasteiger partial charge < -0.3 is 14.8 Å². The number of esters is 1. The maximum Gasteiger partial charge on any atom is 0.344 e. The van der Waals surface area contributed by atoms with E-state index in [1.165, 1.54) is 6.92 Å². The molecule has 7 heteroatoms. The molecule has 0 spiro atoms. The lowest BCUT2D eigenvalue weighted by Gasteiger charge is -2.15. The SMILES string of the molecule is Cc1ccc(Cl)c(OCC(=O)O[C@@H](C)C(=O)Nc2ccccc2C#N)c1. The lowest BCUT2D eigenvalue weighted by atomic mass is 10.2. The number of hydrogen-bond acceptors (Lipinski definition) is 5. The third-order valence-electron chi connectivity index (χ3n) is 3.42. The molecular formula is C19H17ClN2O4. The Morgan fingerprint density at radius 2 is 2.00 bits per heavy atom. The van der Waals surface area contributed by atoms with E-state index in [1.54, 1.807) is 36.4 Å². The molecule has 1 N–H and O–H groups in total. The molecule has 2 aromatic carbocycles. The summed E-state index contributed by atoms with van der Waals surface area (Å²) in [6.45, 7) is 2.92. The second-order valence-corrected chi connectivity index (χ2v) is 5.91. The molecule has 134 valence electrons. The summed E-state index contributed by atoms with van der Waals surface area (Å²) in [6.07, 6.45) is -1.05. The van der Waals surface area contributed by atoms with Gasteiger partial charge in [-0.2, -0.15) is 5.26 Å². The lowest BCUT2D eigenvalue weighted by molar-refractivity contribution is -0.155. The summed E-state index contributed by atoms with van der Waals surface area (Å²) in [5.41, 5.74) is 1.60. The highest BCUT2D eigenvalue weighted by Crippen LogP contribution is 2.25. The molecule has 2 aromatic rings. The van der Waals surface area contributed by atoms with E-state index in [4.69, 9.17) is 26.3 Å². The van der Waals surface area contributed by atoms with Crippen molar-refractivity contribution in [2.24, 2.45) is 0 Å². The van der Waals surface area contributed by atoms with E-state index in [0.29, 0.717) is 22.0 Å². The minimum absolute atomic E-state index is 0.316. The highest BCUT2D eigenvalue weighted by molar-refractivity contribution is 6.32. The van der Waals surface area contributed by atoms with Crippen molar-refractivity contribution in [3.63, 3.8) is 0 Å². The van der Waals surface area contributed by atoms with Crippen molar-refractivity contribution >= 4 is 29.2 Å². The van der Waals surface area contributed by atoms with Crippen LogP contribution in [0.4, 0.5) is 5.69 Å². The molecule has 26 heavy (non-hydrogen) atoms. The third-order valence-corrected chi connectivity index (χ3v) is 3.73. The number of carbonyl (C=O) groups excluding carboxylic acids is 2. The van der Waals surface area contributed by atoms with Gasteiger partial charge in [-0.05, 0) is 43.7 Å². The molecule has 0 radical (unpaired) electrons. The molecule has 2 rings (SSSR count). The van der Waals surface area contributed by atoms with Gasteiger partial charge in [-0.3, -0.25) is 4.79 Å². The first-order chi connectivity index (χ1) is 12.4. The van der Waals surface area contributed by atoms with Crippen LogP contribution in [0.25, 0.3) is 0 Å². The van der Waals surface area contributed by atoms with E-state index >= 15 is 0 Å². The first-order valence-electron chi connectivity index (χ1n) is 7.79.